The van der Waals surface area contributed by atoms with E-state index in [0.29, 0.717) is 6.04 Å². The Balaban J connectivity index is 1.91. The first kappa shape index (κ1) is 9.58. The predicted octanol–water partition coefficient (Wildman–Crippen LogP) is 2.02. The second-order valence-electron chi connectivity index (χ2n) is 4.45. The van der Waals surface area contributed by atoms with Crippen LogP contribution in [0.5, 0.6) is 0 Å². The Morgan fingerprint density at radius 2 is 2.07 bits per heavy atom. The summed E-state index contributed by atoms with van der Waals surface area (Å²) in [6, 6.07) is 0.567. The minimum absolute atomic E-state index is 0.567. The Bertz CT molecular complexity index is 366. The van der Waals surface area contributed by atoms with E-state index >= 15 is 0 Å². The van der Waals surface area contributed by atoms with Gasteiger partial charge in [0.25, 0.3) is 0 Å². The standard InChI is InChI=1S/C11H17N3S/c12-11-9-2-1-3-10(9)13-14(11)8-4-6-15-7-5-8/h8H,1-7,12H2. The number of aromatic nitrogens is 2. The molecule has 2 heterocycles. The van der Waals surface area contributed by atoms with E-state index in [1.54, 1.807) is 0 Å². The van der Waals surface area contributed by atoms with Crippen molar-refractivity contribution >= 4 is 17.6 Å². The maximum atomic E-state index is 6.18. The first-order valence-corrected chi connectivity index (χ1v) is 6.95. The van der Waals surface area contributed by atoms with Gasteiger partial charge in [0.15, 0.2) is 0 Å². The van der Waals surface area contributed by atoms with Crippen molar-refractivity contribution < 1.29 is 0 Å². The van der Waals surface area contributed by atoms with Gasteiger partial charge in [-0.2, -0.15) is 16.9 Å². The fourth-order valence-corrected chi connectivity index (χ4v) is 3.73. The van der Waals surface area contributed by atoms with Gasteiger partial charge in [-0.05, 0) is 43.6 Å². The Morgan fingerprint density at radius 1 is 1.27 bits per heavy atom. The van der Waals surface area contributed by atoms with Crippen LogP contribution in [0.25, 0.3) is 0 Å². The molecule has 3 rings (SSSR count). The number of hydrogen-bond acceptors (Lipinski definition) is 3. The van der Waals surface area contributed by atoms with Crippen molar-refractivity contribution in [2.24, 2.45) is 0 Å². The lowest BCUT2D eigenvalue weighted by Gasteiger charge is -2.23. The summed E-state index contributed by atoms with van der Waals surface area (Å²) in [6.45, 7) is 0. The van der Waals surface area contributed by atoms with Gasteiger partial charge in [-0.1, -0.05) is 0 Å². The van der Waals surface area contributed by atoms with Gasteiger partial charge in [0.2, 0.25) is 0 Å². The van der Waals surface area contributed by atoms with Crippen molar-refractivity contribution in [3.8, 4) is 0 Å². The first-order valence-electron chi connectivity index (χ1n) is 5.80. The van der Waals surface area contributed by atoms with E-state index in [4.69, 9.17) is 10.8 Å². The summed E-state index contributed by atoms with van der Waals surface area (Å²) in [6.07, 6.45) is 5.98. The van der Waals surface area contributed by atoms with Crippen LogP contribution in [-0.4, -0.2) is 21.3 Å². The van der Waals surface area contributed by atoms with E-state index in [-0.39, 0.29) is 0 Å². The molecule has 1 aliphatic carbocycles. The number of hydrogen-bond donors (Lipinski definition) is 1. The van der Waals surface area contributed by atoms with E-state index in [2.05, 4.69) is 4.68 Å². The first-order chi connectivity index (χ1) is 7.36. The highest BCUT2D eigenvalue weighted by Crippen LogP contribution is 2.33. The number of nitrogen functional groups attached to an aromatic ring is 1. The zero-order chi connectivity index (χ0) is 10.3. The van der Waals surface area contributed by atoms with Crippen LogP contribution in [0, 0.1) is 0 Å². The molecule has 0 unspecified atom stereocenters. The van der Waals surface area contributed by atoms with Crippen molar-refractivity contribution in [1.29, 1.82) is 0 Å². The highest BCUT2D eigenvalue weighted by Gasteiger charge is 2.25. The SMILES string of the molecule is Nc1c2c(nn1C1CCSCC1)CCC2. The minimum Gasteiger partial charge on any atom is -0.384 e. The van der Waals surface area contributed by atoms with Crippen LogP contribution < -0.4 is 5.73 Å². The molecule has 0 aromatic carbocycles. The van der Waals surface area contributed by atoms with Gasteiger partial charge in [0, 0.05) is 5.56 Å². The van der Waals surface area contributed by atoms with Crippen molar-refractivity contribution in [2.45, 2.75) is 38.1 Å². The number of anilines is 1. The fraction of sp³-hybridized carbons (Fsp3) is 0.727. The highest BCUT2D eigenvalue weighted by molar-refractivity contribution is 7.99. The lowest BCUT2D eigenvalue weighted by molar-refractivity contribution is 0.428. The molecule has 1 saturated heterocycles. The summed E-state index contributed by atoms with van der Waals surface area (Å²) < 4.78 is 2.11. The topological polar surface area (TPSA) is 43.8 Å². The van der Waals surface area contributed by atoms with Gasteiger partial charge >= 0.3 is 0 Å². The Labute approximate surface area is 94.4 Å². The van der Waals surface area contributed by atoms with E-state index in [1.165, 1.54) is 42.0 Å². The van der Waals surface area contributed by atoms with Crippen molar-refractivity contribution in [3.05, 3.63) is 11.3 Å². The Hall–Kier alpha value is -0.640. The lowest BCUT2D eigenvalue weighted by Crippen LogP contribution is -2.18. The molecule has 15 heavy (non-hydrogen) atoms. The van der Waals surface area contributed by atoms with Gasteiger partial charge in [0.05, 0.1) is 11.7 Å². The molecule has 2 N–H and O–H groups in total. The number of thioether (sulfide) groups is 1. The van der Waals surface area contributed by atoms with Crippen LogP contribution in [0.3, 0.4) is 0 Å². The van der Waals surface area contributed by atoms with E-state index < -0.39 is 0 Å². The Morgan fingerprint density at radius 3 is 2.80 bits per heavy atom. The third kappa shape index (κ3) is 1.55. The van der Waals surface area contributed by atoms with Gasteiger partial charge in [-0.25, -0.2) is 4.68 Å². The molecule has 0 atom stereocenters. The van der Waals surface area contributed by atoms with Crippen molar-refractivity contribution in [1.82, 2.24) is 9.78 Å². The normalized spacial score (nSPS) is 21.9. The summed E-state index contributed by atoms with van der Waals surface area (Å²) in [5.41, 5.74) is 8.79. The number of aryl methyl sites for hydroxylation is 1. The van der Waals surface area contributed by atoms with Gasteiger partial charge < -0.3 is 5.73 Å². The molecular weight excluding hydrogens is 206 g/mol. The molecule has 1 aromatic rings. The Kier molecular flexibility index (Phi) is 2.39. The molecule has 1 aromatic heterocycles. The molecule has 1 aliphatic heterocycles. The molecule has 2 aliphatic rings. The second kappa shape index (κ2) is 3.74. The van der Waals surface area contributed by atoms with Crippen LogP contribution in [0.4, 0.5) is 5.82 Å². The number of rotatable bonds is 1. The van der Waals surface area contributed by atoms with Crippen LogP contribution in [-0.2, 0) is 12.8 Å². The molecule has 0 bridgehead atoms. The molecule has 0 spiro atoms. The molecule has 3 nitrogen and oxygen atoms in total. The van der Waals surface area contributed by atoms with Crippen LogP contribution in [0.2, 0.25) is 0 Å². The number of nitrogens with zero attached hydrogens (tertiary/aromatic N) is 2. The van der Waals surface area contributed by atoms with Crippen molar-refractivity contribution in [2.75, 3.05) is 17.2 Å². The van der Waals surface area contributed by atoms with Gasteiger partial charge in [-0.15, -0.1) is 0 Å². The van der Waals surface area contributed by atoms with E-state index in [0.717, 1.165) is 18.7 Å². The summed E-state index contributed by atoms with van der Waals surface area (Å²) >= 11 is 2.05. The average Bonchev–Trinajstić information content (AvgIpc) is 2.83. The lowest BCUT2D eigenvalue weighted by atomic mass is 10.1. The summed E-state index contributed by atoms with van der Waals surface area (Å²) in [4.78, 5) is 0. The van der Waals surface area contributed by atoms with Gasteiger partial charge in [0.1, 0.15) is 5.82 Å². The number of fused-ring (bicyclic) bond motifs is 1. The summed E-state index contributed by atoms with van der Waals surface area (Å²) in [5.74, 6) is 3.47. The fourth-order valence-electron chi connectivity index (χ4n) is 2.64. The summed E-state index contributed by atoms with van der Waals surface area (Å²) in [5, 5.41) is 4.70. The molecule has 0 radical (unpaired) electrons. The summed E-state index contributed by atoms with van der Waals surface area (Å²) in [7, 11) is 0. The third-order valence-electron chi connectivity index (χ3n) is 3.51. The highest BCUT2D eigenvalue weighted by atomic mass is 32.2. The monoisotopic (exact) mass is 223 g/mol. The second-order valence-corrected chi connectivity index (χ2v) is 5.68. The van der Waals surface area contributed by atoms with Crippen LogP contribution >= 0.6 is 11.8 Å². The molecule has 4 heteroatoms. The van der Waals surface area contributed by atoms with Crippen LogP contribution in [0.15, 0.2) is 0 Å². The van der Waals surface area contributed by atoms with E-state index in [1.807, 2.05) is 11.8 Å². The largest absolute Gasteiger partial charge is 0.384 e. The molecule has 82 valence electrons. The molecule has 1 fully saturated rings. The molecule has 0 amide bonds. The smallest absolute Gasteiger partial charge is 0.125 e. The zero-order valence-electron chi connectivity index (χ0n) is 8.91. The van der Waals surface area contributed by atoms with E-state index in [9.17, 15) is 0 Å². The maximum absolute atomic E-state index is 6.18. The predicted molar refractivity (Wildman–Crippen MR) is 64.3 cm³/mol. The molecular formula is C11H17N3S. The number of nitrogens with two attached hydrogens (primary N) is 1. The molecule has 0 saturated carbocycles. The quantitative estimate of drug-likeness (QED) is 0.792. The van der Waals surface area contributed by atoms with Crippen LogP contribution in [0.1, 0.15) is 36.6 Å². The minimum atomic E-state index is 0.567. The third-order valence-corrected chi connectivity index (χ3v) is 4.56. The van der Waals surface area contributed by atoms with Gasteiger partial charge in [-0.3, -0.25) is 0 Å². The zero-order valence-corrected chi connectivity index (χ0v) is 9.72. The maximum Gasteiger partial charge on any atom is 0.125 e. The average molecular weight is 223 g/mol. The van der Waals surface area contributed by atoms with Crippen molar-refractivity contribution in [3.63, 3.8) is 0 Å².